The van der Waals surface area contributed by atoms with Crippen molar-refractivity contribution in [2.24, 2.45) is 0 Å². The van der Waals surface area contributed by atoms with E-state index >= 15 is 0 Å². The molecule has 4 nitrogen and oxygen atoms in total. The van der Waals surface area contributed by atoms with Crippen molar-refractivity contribution >= 4 is 0 Å². The lowest BCUT2D eigenvalue weighted by Crippen LogP contribution is -2.19. The molecule has 0 radical (unpaired) electrons. The van der Waals surface area contributed by atoms with Crippen LogP contribution in [0.2, 0.25) is 0 Å². The van der Waals surface area contributed by atoms with E-state index in [-0.39, 0.29) is 0 Å². The van der Waals surface area contributed by atoms with Crippen LogP contribution >= 0.6 is 0 Å². The van der Waals surface area contributed by atoms with Gasteiger partial charge in [-0.25, -0.2) is 9.78 Å². The second-order valence-corrected chi connectivity index (χ2v) is 4.08. The second kappa shape index (κ2) is 6.32. The fourth-order valence-electron chi connectivity index (χ4n) is 0.560. The van der Waals surface area contributed by atoms with Gasteiger partial charge in [0, 0.05) is 0 Å². The minimum absolute atomic E-state index is 0.898. The van der Waals surface area contributed by atoms with Crippen molar-refractivity contribution in [3.05, 3.63) is 12.2 Å². The fraction of sp³-hybridized carbons (Fsp3) is 0.500. The molecule has 0 atom stereocenters. The van der Waals surface area contributed by atoms with E-state index in [4.69, 9.17) is 10.5 Å². The SMILES string of the molecule is CC(C)(C#C/C=C/C#CC(C)(C)OO)OO. The van der Waals surface area contributed by atoms with Crippen molar-refractivity contribution in [1.29, 1.82) is 0 Å². The average Bonchev–Trinajstić information content (AvgIpc) is 2.23. The molecule has 0 saturated heterocycles. The van der Waals surface area contributed by atoms with Gasteiger partial charge in [0.15, 0.2) is 11.2 Å². The van der Waals surface area contributed by atoms with Crippen LogP contribution in [0.15, 0.2) is 12.2 Å². The molecule has 0 amide bonds. The van der Waals surface area contributed by atoms with E-state index < -0.39 is 11.2 Å². The molecule has 0 aromatic rings. The van der Waals surface area contributed by atoms with Gasteiger partial charge in [-0.2, -0.15) is 0 Å². The van der Waals surface area contributed by atoms with Gasteiger partial charge in [0.1, 0.15) is 0 Å². The second-order valence-electron chi connectivity index (χ2n) is 4.08. The molecule has 0 bridgehead atoms. The summed E-state index contributed by atoms with van der Waals surface area (Å²) in [4.78, 5) is 8.24. The van der Waals surface area contributed by atoms with Crippen molar-refractivity contribution in [2.75, 3.05) is 0 Å². The van der Waals surface area contributed by atoms with Crippen LogP contribution in [0.4, 0.5) is 0 Å². The maximum absolute atomic E-state index is 8.44. The van der Waals surface area contributed by atoms with Crippen molar-refractivity contribution in [2.45, 2.75) is 38.9 Å². The van der Waals surface area contributed by atoms with Crippen molar-refractivity contribution < 1.29 is 20.3 Å². The molecule has 0 aliphatic heterocycles. The van der Waals surface area contributed by atoms with Gasteiger partial charge in [-0.3, -0.25) is 10.5 Å². The zero-order chi connectivity index (χ0) is 12.7. The minimum atomic E-state index is -0.898. The Balaban J connectivity index is 4.34. The molecule has 0 unspecified atom stereocenters. The zero-order valence-corrected chi connectivity index (χ0v) is 9.87. The number of rotatable bonds is 2. The van der Waals surface area contributed by atoms with E-state index in [0.29, 0.717) is 0 Å². The standard InChI is InChI=1S/C12H16O4/c1-11(2,15-13)9-7-5-6-8-10-12(3,4)16-14/h5-6,13-14H,1-4H3/b6-5+. The Labute approximate surface area is 95.7 Å². The predicted octanol–water partition coefficient (Wildman–Crippen LogP) is 2.09. The first-order valence-electron chi connectivity index (χ1n) is 4.68. The van der Waals surface area contributed by atoms with E-state index in [9.17, 15) is 0 Å². The summed E-state index contributed by atoms with van der Waals surface area (Å²) in [7, 11) is 0. The maximum atomic E-state index is 8.44. The highest BCUT2D eigenvalue weighted by atomic mass is 17.1. The Morgan fingerprint density at radius 2 is 1.12 bits per heavy atom. The van der Waals surface area contributed by atoms with Crippen LogP contribution < -0.4 is 0 Å². The van der Waals surface area contributed by atoms with Crippen LogP contribution in [0.5, 0.6) is 0 Å². The molecule has 16 heavy (non-hydrogen) atoms. The number of allylic oxidation sites excluding steroid dienone is 2. The monoisotopic (exact) mass is 224 g/mol. The third kappa shape index (κ3) is 7.05. The van der Waals surface area contributed by atoms with Gasteiger partial charge >= 0.3 is 0 Å². The predicted molar refractivity (Wildman–Crippen MR) is 60.3 cm³/mol. The molecule has 0 heterocycles. The maximum Gasteiger partial charge on any atom is 0.158 e. The van der Waals surface area contributed by atoms with Gasteiger partial charge in [-0.1, -0.05) is 23.7 Å². The van der Waals surface area contributed by atoms with Crippen molar-refractivity contribution in [3.63, 3.8) is 0 Å². The normalized spacial score (nSPS) is 11.6. The fourth-order valence-corrected chi connectivity index (χ4v) is 0.560. The quantitative estimate of drug-likeness (QED) is 0.428. The molecule has 88 valence electrons. The Morgan fingerprint density at radius 3 is 1.38 bits per heavy atom. The van der Waals surface area contributed by atoms with E-state index in [2.05, 4.69) is 33.5 Å². The Bertz CT molecular complexity index is 322. The molecule has 0 aromatic carbocycles. The summed E-state index contributed by atoms with van der Waals surface area (Å²) < 4.78 is 0. The topological polar surface area (TPSA) is 58.9 Å². The largest absolute Gasteiger partial charge is 0.250 e. The van der Waals surface area contributed by atoms with Crippen LogP contribution in [-0.2, 0) is 9.78 Å². The molecule has 0 fully saturated rings. The highest BCUT2D eigenvalue weighted by molar-refractivity contribution is 5.28. The van der Waals surface area contributed by atoms with Gasteiger partial charge in [-0.05, 0) is 39.8 Å². The molecular weight excluding hydrogens is 208 g/mol. The average molecular weight is 224 g/mol. The molecular formula is C12H16O4. The van der Waals surface area contributed by atoms with Gasteiger partial charge in [0.25, 0.3) is 0 Å². The van der Waals surface area contributed by atoms with Gasteiger partial charge in [0.2, 0.25) is 0 Å². The summed E-state index contributed by atoms with van der Waals surface area (Å²) in [6.45, 7) is 6.51. The molecule has 0 spiro atoms. The zero-order valence-electron chi connectivity index (χ0n) is 9.87. The Kier molecular flexibility index (Phi) is 5.81. The van der Waals surface area contributed by atoms with E-state index in [1.54, 1.807) is 27.7 Å². The Morgan fingerprint density at radius 1 is 0.812 bits per heavy atom. The van der Waals surface area contributed by atoms with Crippen molar-refractivity contribution in [1.82, 2.24) is 0 Å². The smallest absolute Gasteiger partial charge is 0.158 e. The van der Waals surface area contributed by atoms with E-state index in [0.717, 1.165) is 0 Å². The summed E-state index contributed by atoms with van der Waals surface area (Å²) in [6, 6.07) is 0. The van der Waals surface area contributed by atoms with Crippen LogP contribution in [0.3, 0.4) is 0 Å². The lowest BCUT2D eigenvalue weighted by molar-refractivity contribution is -0.293. The lowest BCUT2D eigenvalue weighted by Gasteiger charge is -2.10. The molecule has 0 rings (SSSR count). The van der Waals surface area contributed by atoms with Crippen LogP contribution in [0.25, 0.3) is 0 Å². The lowest BCUT2D eigenvalue weighted by atomic mass is 10.1. The first-order valence-corrected chi connectivity index (χ1v) is 4.68. The highest BCUT2D eigenvalue weighted by Gasteiger charge is 2.13. The number of hydrogen-bond donors (Lipinski definition) is 2. The molecule has 0 aliphatic carbocycles. The van der Waals surface area contributed by atoms with Gasteiger partial charge in [0.05, 0.1) is 0 Å². The first kappa shape index (κ1) is 14.7. The summed E-state index contributed by atoms with van der Waals surface area (Å²) >= 11 is 0. The summed E-state index contributed by atoms with van der Waals surface area (Å²) in [5.41, 5.74) is -1.80. The highest BCUT2D eigenvalue weighted by Crippen LogP contribution is 2.04. The Hall–Kier alpha value is -1.30. The summed E-state index contributed by atoms with van der Waals surface area (Å²) in [6.07, 6.45) is 3.03. The molecule has 0 aromatic heterocycles. The summed E-state index contributed by atoms with van der Waals surface area (Å²) in [5.74, 6) is 10.6. The molecule has 0 aliphatic rings. The summed E-state index contributed by atoms with van der Waals surface area (Å²) in [5, 5.41) is 16.9. The number of hydrogen-bond acceptors (Lipinski definition) is 4. The van der Waals surface area contributed by atoms with Gasteiger partial charge < -0.3 is 0 Å². The third-order valence-electron chi connectivity index (χ3n) is 1.45. The molecule has 4 heteroatoms. The van der Waals surface area contributed by atoms with Crippen LogP contribution in [-0.4, -0.2) is 21.7 Å². The minimum Gasteiger partial charge on any atom is -0.250 e. The van der Waals surface area contributed by atoms with Crippen LogP contribution in [0.1, 0.15) is 27.7 Å². The van der Waals surface area contributed by atoms with Crippen LogP contribution in [0, 0.1) is 23.7 Å². The third-order valence-corrected chi connectivity index (χ3v) is 1.45. The van der Waals surface area contributed by atoms with Crippen molar-refractivity contribution in [3.8, 4) is 23.7 Å². The van der Waals surface area contributed by atoms with E-state index in [1.807, 2.05) is 0 Å². The van der Waals surface area contributed by atoms with Gasteiger partial charge in [-0.15, -0.1) is 0 Å². The molecule has 0 saturated carbocycles. The molecule has 2 N–H and O–H groups in total. The first-order chi connectivity index (χ1) is 7.33. The van der Waals surface area contributed by atoms with E-state index in [1.165, 1.54) is 12.2 Å².